The number of aromatic carboxylic acids is 1. The van der Waals surface area contributed by atoms with Crippen molar-refractivity contribution in [2.45, 2.75) is 12.6 Å². The van der Waals surface area contributed by atoms with Gasteiger partial charge in [-0.25, -0.2) is 14.2 Å². The molecule has 0 aromatic carbocycles. The number of rotatable bonds is 2. The van der Waals surface area contributed by atoms with E-state index in [0.717, 1.165) is 5.69 Å². The smallest absolute Gasteiger partial charge is 0.354 e. The monoisotopic (exact) mass is 249 g/mol. The predicted octanol–water partition coefficient (Wildman–Crippen LogP) is 1.58. The lowest BCUT2D eigenvalue weighted by Gasteiger charge is -2.17. The van der Waals surface area contributed by atoms with Crippen molar-refractivity contribution in [3.63, 3.8) is 0 Å². The maximum Gasteiger partial charge on any atom is 0.354 e. The van der Waals surface area contributed by atoms with E-state index in [1.165, 1.54) is 10.6 Å². The van der Waals surface area contributed by atoms with Gasteiger partial charge in [-0.15, -0.1) is 0 Å². The molecule has 1 unspecified atom stereocenters. The van der Waals surface area contributed by atoms with Crippen LogP contribution in [0.25, 0.3) is 5.65 Å². The summed E-state index contributed by atoms with van der Waals surface area (Å²) in [5.74, 6) is -1.01. The number of fused-ring (bicyclic) bond motifs is 1. The van der Waals surface area contributed by atoms with E-state index < -0.39 is 12.1 Å². The Kier molecular flexibility index (Phi) is 2.43. The number of alkyl halides is 1. The van der Waals surface area contributed by atoms with E-state index in [1.54, 1.807) is 18.3 Å². The Morgan fingerprint density at radius 1 is 1.56 bits per heavy atom. The summed E-state index contributed by atoms with van der Waals surface area (Å²) in [5.41, 5.74) is 1.57. The highest BCUT2D eigenvalue weighted by Gasteiger charge is 2.22. The molecule has 0 bridgehead atoms. The van der Waals surface area contributed by atoms with Crippen LogP contribution < -0.4 is 4.90 Å². The Labute approximate surface area is 102 Å². The quantitative estimate of drug-likeness (QED) is 0.878. The summed E-state index contributed by atoms with van der Waals surface area (Å²) in [6, 6.07) is 3.57. The number of pyridine rings is 1. The standard InChI is InChI=1S/C12H12FN3O2/c13-8-1-3-15(7-8)9-2-4-16-10(12(17)18)6-14-11(16)5-9/h2,4-6,8H,1,3,7H2,(H,17,18). The third-order valence-corrected chi connectivity index (χ3v) is 3.21. The molecule has 18 heavy (non-hydrogen) atoms. The second-order valence-corrected chi connectivity index (χ2v) is 4.39. The predicted molar refractivity (Wildman–Crippen MR) is 63.9 cm³/mol. The van der Waals surface area contributed by atoms with E-state index in [1.807, 2.05) is 4.90 Å². The minimum absolute atomic E-state index is 0.126. The van der Waals surface area contributed by atoms with Crippen molar-refractivity contribution in [2.75, 3.05) is 18.0 Å². The lowest BCUT2D eigenvalue weighted by Crippen LogP contribution is -2.20. The number of nitrogens with zero attached hydrogens (tertiary/aromatic N) is 3. The van der Waals surface area contributed by atoms with E-state index >= 15 is 0 Å². The highest BCUT2D eigenvalue weighted by molar-refractivity contribution is 5.86. The molecule has 3 heterocycles. The van der Waals surface area contributed by atoms with E-state index in [0.29, 0.717) is 25.2 Å². The topological polar surface area (TPSA) is 57.8 Å². The van der Waals surface area contributed by atoms with Crippen LogP contribution in [0.2, 0.25) is 0 Å². The Balaban J connectivity index is 1.99. The number of hydrogen-bond donors (Lipinski definition) is 1. The van der Waals surface area contributed by atoms with Crippen molar-refractivity contribution in [1.82, 2.24) is 9.38 Å². The first-order chi connectivity index (χ1) is 8.65. The average molecular weight is 249 g/mol. The number of halogens is 1. The zero-order valence-electron chi connectivity index (χ0n) is 9.58. The van der Waals surface area contributed by atoms with Crippen molar-refractivity contribution in [2.24, 2.45) is 0 Å². The summed E-state index contributed by atoms with van der Waals surface area (Å²) >= 11 is 0. The maximum absolute atomic E-state index is 13.1. The molecular formula is C12H12FN3O2. The molecule has 0 aliphatic carbocycles. The van der Waals surface area contributed by atoms with Crippen molar-refractivity contribution < 1.29 is 14.3 Å². The number of carboxylic acid groups (broad SMARTS) is 1. The number of imidazole rings is 1. The molecule has 0 spiro atoms. The Hall–Kier alpha value is -2.11. The molecule has 1 saturated heterocycles. The molecule has 94 valence electrons. The van der Waals surface area contributed by atoms with Crippen molar-refractivity contribution >= 4 is 17.3 Å². The van der Waals surface area contributed by atoms with Crippen LogP contribution in [0.5, 0.6) is 0 Å². The number of aromatic nitrogens is 2. The molecule has 0 saturated carbocycles. The van der Waals surface area contributed by atoms with Gasteiger partial charge < -0.3 is 10.0 Å². The summed E-state index contributed by atoms with van der Waals surface area (Å²) in [7, 11) is 0. The zero-order valence-corrected chi connectivity index (χ0v) is 9.58. The first kappa shape index (κ1) is 11.0. The van der Waals surface area contributed by atoms with Gasteiger partial charge in [0.05, 0.1) is 6.20 Å². The summed E-state index contributed by atoms with van der Waals surface area (Å²) in [4.78, 5) is 16.9. The summed E-state index contributed by atoms with van der Waals surface area (Å²) in [5, 5.41) is 8.97. The van der Waals surface area contributed by atoms with Crippen LogP contribution in [-0.4, -0.2) is 39.7 Å². The van der Waals surface area contributed by atoms with Crippen LogP contribution in [0.4, 0.5) is 10.1 Å². The Morgan fingerprint density at radius 3 is 3.06 bits per heavy atom. The van der Waals surface area contributed by atoms with Crippen molar-refractivity contribution in [3.8, 4) is 0 Å². The molecule has 1 atom stereocenters. The normalized spacial score (nSPS) is 19.6. The lowest BCUT2D eigenvalue weighted by atomic mass is 10.3. The van der Waals surface area contributed by atoms with E-state index in [9.17, 15) is 9.18 Å². The summed E-state index contributed by atoms with van der Waals surface area (Å²) in [6.45, 7) is 1.08. The van der Waals surface area contributed by atoms with Crippen LogP contribution in [0.1, 0.15) is 16.9 Å². The second-order valence-electron chi connectivity index (χ2n) is 4.39. The molecule has 1 fully saturated rings. The van der Waals surface area contributed by atoms with E-state index in [4.69, 9.17) is 5.11 Å². The molecule has 2 aromatic heterocycles. The Bertz CT molecular complexity index is 610. The van der Waals surface area contributed by atoms with Gasteiger partial charge in [0.2, 0.25) is 0 Å². The molecule has 3 rings (SSSR count). The first-order valence-electron chi connectivity index (χ1n) is 5.74. The van der Waals surface area contributed by atoms with Crippen molar-refractivity contribution in [1.29, 1.82) is 0 Å². The van der Waals surface area contributed by atoms with Gasteiger partial charge in [0.15, 0.2) is 5.69 Å². The molecule has 0 radical (unpaired) electrons. The minimum Gasteiger partial charge on any atom is -0.477 e. The molecule has 2 aromatic rings. The SMILES string of the molecule is O=C(O)c1cnc2cc(N3CCC(F)C3)ccn12. The molecule has 5 nitrogen and oxygen atoms in total. The van der Waals surface area contributed by atoms with Crippen LogP contribution in [0.3, 0.4) is 0 Å². The van der Waals surface area contributed by atoms with Gasteiger partial charge in [-0.1, -0.05) is 0 Å². The van der Waals surface area contributed by atoms with Gasteiger partial charge >= 0.3 is 5.97 Å². The average Bonchev–Trinajstić information content (AvgIpc) is 2.93. The highest BCUT2D eigenvalue weighted by Crippen LogP contribution is 2.23. The molecular weight excluding hydrogens is 237 g/mol. The molecule has 0 amide bonds. The number of anilines is 1. The van der Waals surface area contributed by atoms with Gasteiger partial charge in [-0.2, -0.15) is 0 Å². The van der Waals surface area contributed by atoms with Crippen LogP contribution in [0, 0.1) is 0 Å². The van der Waals surface area contributed by atoms with Crippen molar-refractivity contribution in [3.05, 3.63) is 30.2 Å². The van der Waals surface area contributed by atoms with Gasteiger partial charge in [-0.3, -0.25) is 4.40 Å². The van der Waals surface area contributed by atoms with E-state index in [-0.39, 0.29) is 5.69 Å². The van der Waals surface area contributed by atoms with Gasteiger partial charge in [-0.05, 0) is 12.5 Å². The van der Waals surface area contributed by atoms with Crippen LogP contribution in [-0.2, 0) is 0 Å². The fraction of sp³-hybridized carbons (Fsp3) is 0.333. The summed E-state index contributed by atoms with van der Waals surface area (Å²) in [6.07, 6.45) is 2.74. The molecule has 1 aliphatic rings. The zero-order chi connectivity index (χ0) is 12.7. The Morgan fingerprint density at radius 2 is 2.39 bits per heavy atom. The number of hydrogen-bond acceptors (Lipinski definition) is 3. The largest absolute Gasteiger partial charge is 0.477 e. The first-order valence-corrected chi connectivity index (χ1v) is 5.74. The van der Waals surface area contributed by atoms with Gasteiger partial charge in [0, 0.05) is 31.0 Å². The van der Waals surface area contributed by atoms with E-state index in [2.05, 4.69) is 4.98 Å². The molecule has 6 heteroatoms. The molecule has 1 N–H and O–H groups in total. The third-order valence-electron chi connectivity index (χ3n) is 3.21. The van der Waals surface area contributed by atoms with Gasteiger partial charge in [0.25, 0.3) is 0 Å². The maximum atomic E-state index is 13.1. The summed E-state index contributed by atoms with van der Waals surface area (Å²) < 4.78 is 14.7. The fourth-order valence-electron chi connectivity index (χ4n) is 2.28. The van der Waals surface area contributed by atoms with Gasteiger partial charge in [0.1, 0.15) is 11.8 Å². The second kappa shape index (κ2) is 3.97. The number of carbonyl (C=O) groups is 1. The fourth-order valence-corrected chi connectivity index (χ4v) is 2.28. The van der Waals surface area contributed by atoms with Crippen LogP contribution in [0.15, 0.2) is 24.5 Å². The third kappa shape index (κ3) is 1.70. The minimum atomic E-state index is -1.01. The van der Waals surface area contributed by atoms with Crippen LogP contribution >= 0.6 is 0 Å². The number of carboxylic acids is 1. The highest BCUT2D eigenvalue weighted by atomic mass is 19.1. The lowest BCUT2D eigenvalue weighted by molar-refractivity contribution is 0.0689. The molecule has 1 aliphatic heterocycles.